The lowest BCUT2D eigenvalue weighted by atomic mass is 9.98. The second-order valence-corrected chi connectivity index (χ2v) is 9.30. The van der Waals surface area contributed by atoms with Crippen LogP contribution in [0.3, 0.4) is 0 Å². The molecule has 0 saturated carbocycles. The van der Waals surface area contributed by atoms with Gasteiger partial charge in [0.25, 0.3) is 5.91 Å². The second-order valence-electron chi connectivity index (χ2n) is 8.38. The van der Waals surface area contributed by atoms with Crippen molar-refractivity contribution in [1.82, 2.24) is 9.80 Å². The quantitative estimate of drug-likeness (QED) is 0.378. The van der Waals surface area contributed by atoms with Crippen molar-refractivity contribution in [1.29, 1.82) is 0 Å². The van der Waals surface area contributed by atoms with E-state index in [0.717, 1.165) is 23.0 Å². The van der Waals surface area contributed by atoms with Crippen LogP contribution in [0, 0.1) is 0 Å². The van der Waals surface area contributed by atoms with Crippen LogP contribution in [0.5, 0.6) is 11.5 Å². The minimum atomic E-state index is -0.591. The van der Waals surface area contributed by atoms with Crippen molar-refractivity contribution in [2.24, 2.45) is 0 Å². The Morgan fingerprint density at radius 3 is 2.68 bits per heavy atom. The van der Waals surface area contributed by atoms with Gasteiger partial charge in [0, 0.05) is 11.0 Å². The van der Waals surface area contributed by atoms with Gasteiger partial charge in [-0.3, -0.25) is 9.59 Å². The summed E-state index contributed by atoms with van der Waals surface area (Å²) in [6.07, 6.45) is 2.40. The van der Waals surface area contributed by atoms with Crippen LogP contribution in [0.2, 0.25) is 0 Å². The molecule has 178 valence electrons. The van der Waals surface area contributed by atoms with Gasteiger partial charge in [0.15, 0.2) is 16.9 Å². The summed E-state index contributed by atoms with van der Waals surface area (Å²) in [6.45, 7) is 5.29. The van der Waals surface area contributed by atoms with Gasteiger partial charge in [-0.2, -0.15) is 0 Å². The Morgan fingerprint density at radius 1 is 1.18 bits per heavy atom. The first kappa shape index (κ1) is 24.0. The molecule has 0 bridgehead atoms. The maximum atomic E-state index is 13.7. The summed E-state index contributed by atoms with van der Waals surface area (Å²) in [5.41, 5.74) is 1.28. The molecule has 0 radical (unpaired) electrons. The molecule has 0 fully saturated rings. The highest BCUT2D eigenvalue weighted by Gasteiger charge is 2.42. The van der Waals surface area contributed by atoms with Gasteiger partial charge in [-0.25, -0.2) is 0 Å². The highest BCUT2D eigenvalue weighted by atomic mass is 79.9. The fourth-order valence-electron chi connectivity index (χ4n) is 4.25. The van der Waals surface area contributed by atoms with E-state index in [2.05, 4.69) is 27.4 Å². The number of fused-ring (bicyclic) bond motifs is 2. The minimum absolute atomic E-state index is 0.0978. The summed E-state index contributed by atoms with van der Waals surface area (Å²) in [4.78, 5) is 30.9. The summed E-state index contributed by atoms with van der Waals surface area (Å²) in [7, 11) is 5.53. The zero-order chi connectivity index (χ0) is 24.4. The lowest BCUT2D eigenvalue weighted by molar-refractivity contribution is 0.0722. The number of hydrogen-bond acceptors (Lipinski definition) is 6. The molecule has 0 saturated heterocycles. The van der Waals surface area contributed by atoms with Gasteiger partial charge in [-0.15, -0.1) is 0 Å². The van der Waals surface area contributed by atoms with Crippen molar-refractivity contribution < 1.29 is 18.7 Å². The highest BCUT2D eigenvalue weighted by Crippen LogP contribution is 2.41. The number of hydrogen-bond donors (Lipinski definition) is 0. The van der Waals surface area contributed by atoms with Crippen LogP contribution in [0.15, 0.2) is 62.7 Å². The van der Waals surface area contributed by atoms with Crippen molar-refractivity contribution in [3.8, 4) is 11.5 Å². The zero-order valence-electron chi connectivity index (χ0n) is 19.5. The molecule has 4 rings (SSSR count). The maximum absolute atomic E-state index is 13.7. The first-order chi connectivity index (χ1) is 16.3. The van der Waals surface area contributed by atoms with E-state index in [1.807, 2.05) is 26.2 Å². The average molecular weight is 527 g/mol. The summed E-state index contributed by atoms with van der Waals surface area (Å²) in [5, 5.41) is 0.430. The Morgan fingerprint density at radius 2 is 1.97 bits per heavy atom. The molecule has 1 atom stereocenters. The summed E-state index contributed by atoms with van der Waals surface area (Å²) in [6, 6.07) is 10.1. The minimum Gasteiger partial charge on any atom is -0.493 e. The fraction of sp³-hybridized carbons (Fsp3) is 0.308. The van der Waals surface area contributed by atoms with Crippen molar-refractivity contribution >= 4 is 32.8 Å². The Kier molecular flexibility index (Phi) is 7.09. The van der Waals surface area contributed by atoms with Gasteiger partial charge >= 0.3 is 0 Å². The van der Waals surface area contributed by atoms with Crippen molar-refractivity contribution in [2.75, 3.05) is 40.9 Å². The van der Waals surface area contributed by atoms with E-state index in [-0.39, 0.29) is 17.1 Å². The first-order valence-electron chi connectivity index (χ1n) is 11.0. The SMILES string of the molecule is C=CCOc1ccc(C2c3c(oc4ccc(Br)cc4c3=O)C(=O)N2CCCN(C)C)cc1OC. The zero-order valence-corrected chi connectivity index (χ0v) is 21.1. The van der Waals surface area contributed by atoms with Gasteiger partial charge in [-0.1, -0.05) is 34.7 Å². The second kappa shape index (κ2) is 10.0. The molecule has 1 aliphatic rings. The van der Waals surface area contributed by atoms with E-state index in [4.69, 9.17) is 13.9 Å². The molecule has 0 N–H and O–H groups in total. The van der Waals surface area contributed by atoms with Gasteiger partial charge in [0.2, 0.25) is 5.76 Å². The molecule has 34 heavy (non-hydrogen) atoms. The molecule has 0 spiro atoms. The third-order valence-corrected chi connectivity index (χ3v) is 6.29. The first-order valence-corrected chi connectivity index (χ1v) is 11.8. The Labute approximate surface area is 206 Å². The van der Waals surface area contributed by atoms with E-state index >= 15 is 0 Å². The summed E-state index contributed by atoms with van der Waals surface area (Å²) in [5.74, 6) is 0.887. The van der Waals surface area contributed by atoms with Crippen molar-refractivity contribution in [2.45, 2.75) is 12.5 Å². The molecule has 7 nitrogen and oxygen atoms in total. The largest absolute Gasteiger partial charge is 0.493 e. The number of halogens is 1. The monoisotopic (exact) mass is 526 g/mol. The third kappa shape index (κ3) is 4.48. The number of methoxy groups -OCH3 is 1. The Hall–Kier alpha value is -3.10. The van der Waals surface area contributed by atoms with Crippen LogP contribution in [0.25, 0.3) is 11.0 Å². The van der Waals surface area contributed by atoms with E-state index in [0.29, 0.717) is 41.2 Å². The molecule has 1 amide bonds. The number of rotatable bonds is 9. The maximum Gasteiger partial charge on any atom is 0.290 e. The number of ether oxygens (including phenoxy) is 2. The molecule has 1 aromatic heterocycles. The molecule has 0 aliphatic carbocycles. The van der Waals surface area contributed by atoms with E-state index in [9.17, 15) is 9.59 Å². The molecular weight excluding hydrogens is 500 g/mol. The summed E-state index contributed by atoms with van der Waals surface area (Å²) >= 11 is 3.43. The predicted molar refractivity (Wildman–Crippen MR) is 135 cm³/mol. The lowest BCUT2D eigenvalue weighted by Crippen LogP contribution is -2.32. The molecule has 1 aliphatic heterocycles. The van der Waals surface area contributed by atoms with Crippen LogP contribution < -0.4 is 14.9 Å². The normalized spacial score (nSPS) is 15.1. The number of benzene rings is 2. The number of amides is 1. The van der Waals surface area contributed by atoms with E-state index in [1.54, 1.807) is 42.4 Å². The van der Waals surface area contributed by atoms with Crippen molar-refractivity contribution in [3.05, 3.63) is 80.6 Å². The molecule has 3 aromatic rings. The topological polar surface area (TPSA) is 72.2 Å². The van der Waals surface area contributed by atoms with Crippen LogP contribution in [-0.2, 0) is 0 Å². The molecule has 2 heterocycles. The van der Waals surface area contributed by atoms with E-state index in [1.165, 1.54) is 0 Å². The molecular formula is C26H27BrN2O5. The number of carbonyl (C=O) groups excluding carboxylic acids is 1. The molecule has 8 heteroatoms. The number of nitrogens with zero attached hydrogens (tertiary/aromatic N) is 2. The highest BCUT2D eigenvalue weighted by molar-refractivity contribution is 9.10. The van der Waals surface area contributed by atoms with Gasteiger partial charge in [0.1, 0.15) is 12.2 Å². The number of carbonyl (C=O) groups is 1. The third-order valence-electron chi connectivity index (χ3n) is 5.79. The lowest BCUT2D eigenvalue weighted by Gasteiger charge is -2.26. The standard InChI is InChI=1S/C26H27BrN2O5/c1-5-13-33-20-9-7-16(14-21(20)32-4)23-22-24(30)18-15-17(27)8-10-19(18)34-25(22)26(31)29(23)12-6-11-28(2)3/h5,7-10,14-15,23H,1,6,11-13H2,2-4H3. The van der Waals surface area contributed by atoms with Gasteiger partial charge in [-0.05, 0) is 63.0 Å². The Balaban J connectivity index is 1.86. The average Bonchev–Trinajstić information content (AvgIpc) is 3.10. The fourth-order valence-corrected chi connectivity index (χ4v) is 4.61. The van der Waals surface area contributed by atoms with Crippen LogP contribution in [0.4, 0.5) is 0 Å². The van der Waals surface area contributed by atoms with Crippen molar-refractivity contribution in [3.63, 3.8) is 0 Å². The van der Waals surface area contributed by atoms with Gasteiger partial charge < -0.3 is 23.7 Å². The van der Waals surface area contributed by atoms with Gasteiger partial charge in [0.05, 0.1) is 24.1 Å². The predicted octanol–water partition coefficient (Wildman–Crippen LogP) is 4.63. The summed E-state index contributed by atoms with van der Waals surface area (Å²) < 4.78 is 18.0. The molecule has 1 unspecified atom stereocenters. The van der Waals surface area contributed by atoms with E-state index < -0.39 is 6.04 Å². The van der Waals surface area contributed by atoms with Crippen LogP contribution in [-0.4, -0.2) is 56.6 Å². The molecule has 2 aromatic carbocycles. The smallest absolute Gasteiger partial charge is 0.290 e. The van der Waals surface area contributed by atoms with Crippen LogP contribution >= 0.6 is 15.9 Å². The van der Waals surface area contributed by atoms with Crippen LogP contribution in [0.1, 0.15) is 34.1 Å². The Bertz CT molecular complexity index is 1300.